The molecule has 22 heavy (non-hydrogen) atoms. The van der Waals surface area contributed by atoms with Crippen LogP contribution in [-0.2, 0) is 11.3 Å². The van der Waals surface area contributed by atoms with Crippen molar-refractivity contribution in [1.82, 2.24) is 15.1 Å². The Hall–Kier alpha value is -0.880. The maximum atomic E-state index is 13.2. The highest BCUT2D eigenvalue weighted by Gasteiger charge is 2.18. The van der Waals surface area contributed by atoms with Crippen LogP contribution in [0.5, 0.6) is 0 Å². The Morgan fingerprint density at radius 1 is 1.32 bits per heavy atom. The van der Waals surface area contributed by atoms with Gasteiger partial charge in [0.15, 0.2) is 0 Å². The fourth-order valence-electron chi connectivity index (χ4n) is 2.39. The molecule has 2 rings (SSSR count). The molecule has 1 heterocycles. The molecule has 0 spiro atoms. The van der Waals surface area contributed by atoms with Crippen LogP contribution in [0.15, 0.2) is 24.3 Å². The van der Waals surface area contributed by atoms with Crippen LogP contribution in [0.3, 0.4) is 0 Å². The maximum Gasteiger partial charge on any atom is 0.237 e. The Morgan fingerprint density at radius 2 is 2.00 bits per heavy atom. The second kappa shape index (κ2) is 10.8. The molecule has 1 aliphatic heterocycles. The second-order valence-corrected chi connectivity index (χ2v) is 5.06. The number of piperazine rings is 1. The monoisotopic (exact) mass is 351 g/mol. The summed E-state index contributed by atoms with van der Waals surface area (Å²) in [6.45, 7) is 7.19. The average molecular weight is 352 g/mol. The lowest BCUT2D eigenvalue weighted by Gasteiger charge is -2.29. The molecule has 1 aromatic rings. The number of amides is 1. The van der Waals surface area contributed by atoms with E-state index < -0.39 is 0 Å². The summed E-state index contributed by atoms with van der Waals surface area (Å²) in [6, 6.07) is 6.44. The Balaban J connectivity index is 0.00000220. The maximum absolute atomic E-state index is 13.2. The number of hydrogen-bond acceptors (Lipinski definition) is 3. The van der Waals surface area contributed by atoms with E-state index in [1.807, 2.05) is 13.0 Å². The van der Waals surface area contributed by atoms with Gasteiger partial charge < -0.3 is 10.2 Å². The molecule has 1 aliphatic rings. The van der Waals surface area contributed by atoms with Crippen molar-refractivity contribution in [1.29, 1.82) is 0 Å². The molecule has 0 aliphatic carbocycles. The van der Waals surface area contributed by atoms with Crippen molar-refractivity contribution in [2.75, 3.05) is 39.3 Å². The molecule has 0 bridgehead atoms. The number of benzene rings is 1. The minimum atomic E-state index is -0.256. The Kier molecular flexibility index (Phi) is 10.3. The summed E-state index contributed by atoms with van der Waals surface area (Å²) < 4.78 is 13.2. The molecule has 1 aromatic carbocycles. The zero-order valence-corrected chi connectivity index (χ0v) is 14.4. The van der Waals surface area contributed by atoms with Gasteiger partial charge in [-0.25, -0.2) is 4.39 Å². The number of nitrogens with one attached hydrogen (secondary N) is 1. The fourth-order valence-corrected chi connectivity index (χ4v) is 2.39. The quantitative estimate of drug-likeness (QED) is 0.880. The first-order valence-corrected chi connectivity index (χ1v) is 7.14. The van der Waals surface area contributed by atoms with Crippen molar-refractivity contribution >= 4 is 30.7 Å². The summed E-state index contributed by atoms with van der Waals surface area (Å²) >= 11 is 0. The lowest BCUT2D eigenvalue weighted by Crippen LogP contribution is -2.48. The predicted octanol–water partition coefficient (Wildman–Crippen LogP) is 1.92. The van der Waals surface area contributed by atoms with E-state index >= 15 is 0 Å². The van der Waals surface area contributed by atoms with Gasteiger partial charge >= 0.3 is 0 Å². The van der Waals surface area contributed by atoms with Gasteiger partial charge in [-0.3, -0.25) is 9.69 Å². The molecule has 0 radical (unpaired) electrons. The second-order valence-electron chi connectivity index (χ2n) is 5.06. The van der Waals surface area contributed by atoms with Gasteiger partial charge in [0.25, 0.3) is 0 Å². The number of halogens is 3. The minimum Gasteiger partial charge on any atom is -0.338 e. The van der Waals surface area contributed by atoms with Crippen molar-refractivity contribution in [3.05, 3.63) is 35.6 Å². The zero-order valence-electron chi connectivity index (χ0n) is 12.8. The number of carbonyl (C=O) groups excluding carboxylic acids is 1. The molecule has 0 aromatic heterocycles. The largest absolute Gasteiger partial charge is 0.338 e. The van der Waals surface area contributed by atoms with Crippen LogP contribution >= 0.6 is 24.8 Å². The van der Waals surface area contributed by atoms with E-state index in [1.54, 1.807) is 11.0 Å². The van der Waals surface area contributed by atoms with Gasteiger partial charge in [0.2, 0.25) is 5.91 Å². The van der Waals surface area contributed by atoms with E-state index in [2.05, 4.69) is 10.2 Å². The molecule has 1 N–H and O–H groups in total. The molecule has 0 unspecified atom stereocenters. The highest BCUT2D eigenvalue weighted by atomic mass is 35.5. The minimum absolute atomic E-state index is 0. The Labute approximate surface area is 143 Å². The van der Waals surface area contributed by atoms with Crippen LogP contribution in [0.4, 0.5) is 4.39 Å². The van der Waals surface area contributed by atoms with Crippen LogP contribution in [-0.4, -0.2) is 55.0 Å². The van der Waals surface area contributed by atoms with Crippen LogP contribution in [0.2, 0.25) is 0 Å². The van der Waals surface area contributed by atoms with Gasteiger partial charge in [0, 0.05) is 39.3 Å². The average Bonchev–Trinajstić information content (AvgIpc) is 2.46. The third-order valence-electron chi connectivity index (χ3n) is 3.57. The lowest BCUT2D eigenvalue weighted by atomic mass is 10.2. The number of rotatable bonds is 5. The van der Waals surface area contributed by atoms with Crippen LogP contribution < -0.4 is 5.32 Å². The number of carbonyl (C=O) groups is 1. The van der Waals surface area contributed by atoms with E-state index in [-0.39, 0.29) is 36.5 Å². The van der Waals surface area contributed by atoms with Crippen molar-refractivity contribution < 1.29 is 9.18 Å². The summed E-state index contributed by atoms with van der Waals surface area (Å²) in [5.41, 5.74) is 0.834. The van der Waals surface area contributed by atoms with E-state index in [4.69, 9.17) is 0 Å². The SMILES string of the molecule is CCN(Cc1cccc(F)c1)C(=O)CN1CCNCC1.Cl.Cl. The van der Waals surface area contributed by atoms with Gasteiger partial charge in [0.05, 0.1) is 6.54 Å². The third-order valence-corrected chi connectivity index (χ3v) is 3.57. The van der Waals surface area contributed by atoms with Gasteiger partial charge in [-0.05, 0) is 24.6 Å². The zero-order chi connectivity index (χ0) is 14.4. The number of hydrogen-bond donors (Lipinski definition) is 1. The third kappa shape index (κ3) is 6.48. The molecule has 1 saturated heterocycles. The van der Waals surface area contributed by atoms with Gasteiger partial charge in [0.1, 0.15) is 5.82 Å². The lowest BCUT2D eigenvalue weighted by molar-refractivity contribution is -0.133. The summed E-state index contributed by atoms with van der Waals surface area (Å²) in [6.07, 6.45) is 0. The molecule has 4 nitrogen and oxygen atoms in total. The first-order chi connectivity index (χ1) is 9.69. The summed E-state index contributed by atoms with van der Waals surface area (Å²) in [5, 5.41) is 3.27. The summed E-state index contributed by atoms with van der Waals surface area (Å²) in [4.78, 5) is 16.2. The van der Waals surface area contributed by atoms with Gasteiger partial charge in [-0.2, -0.15) is 0 Å². The normalized spacial score (nSPS) is 14.6. The standard InChI is InChI=1S/C15H22FN3O.2ClH/c1-2-19(11-13-4-3-5-14(16)10-13)15(20)12-18-8-6-17-7-9-18;;/h3-5,10,17H,2,6-9,11-12H2,1H3;2*1H. The summed E-state index contributed by atoms with van der Waals surface area (Å²) in [5.74, 6) is -0.147. The van der Waals surface area contributed by atoms with Crippen LogP contribution in [0, 0.1) is 5.82 Å². The summed E-state index contributed by atoms with van der Waals surface area (Å²) in [7, 11) is 0. The number of likely N-dealkylation sites (N-methyl/N-ethyl adjacent to an activating group) is 1. The molecule has 7 heteroatoms. The number of nitrogens with zero attached hydrogens (tertiary/aromatic N) is 2. The van der Waals surface area contributed by atoms with Gasteiger partial charge in [-0.1, -0.05) is 12.1 Å². The van der Waals surface area contributed by atoms with Gasteiger partial charge in [-0.15, -0.1) is 24.8 Å². The van der Waals surface area contributed by atoms with Crippen molar-refractivity contribution in [2.24, 2.45) is 0 Å². The Morgan fingerprint density at radius 3 is 2.59 bits per heavy atom. The van der Waals surface area contributed by atoms with Crippen molar-refractivity contribution in [2.45, 2.75) is 13.5 Å². The Bertz CT molecular complexity index is 456. The topological polar surface area (TPSA) is 35.6 Å². The molecule has 0 saturated carbocycles. The fraction of sp³-hybridized carbons (Fsp3) is 0.533. The van der Waals surface area contributed by atoms with Crippen LogP contribution in [0.25, 0.3) is 0 Å². The molecule has 1 fully saturated rings. The molecule has 1 amide bonds. The molecule has 0 atom stereocenters. The first-order valence-electron chi connectivity index (χ1n) is 7.14. The predicted molar refractivity (Wildman–Crippen MR) is 91.3 cm³/mol. The first kappa shape index (κ1) is 21.1. The highest BCUT2D eigenvalue weighted by Crippen LogP contribution is 2.08. The molecular formula is C15H24Cl2FN3O. The van der Waals surface area contributed by atoms with E-state index in [9.17, 15) is 9.18 Å². The highest BCUT2D eigenvalue weighted by molar-refractivity contribution is 5.85. The van der Waals surface area contributed by atoms with Crippen molar-refractivity contribution in [3.8, 4) is 0 Å². The van der Waals surface area contributed by atoms with E-state index in [0.29, 0.717) is 19.6 Å². The van der Waals surface area contributed by atoms with E-state index in [1.165, 1.54) is 12.1 Å². The smallest absolute Gasteiger partial charge is 0.237 e. The van der Waals surface area contributed by atoms with Crippen LogP contribution in [0.1, 0.15) is 12.5 Å². The molecular weight excluding hydrogens is 328 g/mol. The molecule has 126 valence electrons. The van der Waals surface area contributed by atoms with E-state index in [0.717, 1.165) is 31.7 Å². The van der Waals surface area contributed by atoms with Crippen molar-refractivity contribution in [3.63, 3.8) is 0 Å².